The molecule has 2 aromatic rings. The molecule has 2 heterocycles. The van der Waals surface area contributed by atoms with Crippen molar-refractivity contribution in [3.8, 4) is 0 Å². The van der Waals surface area contributed by atoms with Gasteiger partial charge in [0.2, 0.25) is 0 Å². The van der Waals surface area contributed by atoms with Gasteiger partial charge in [-0.3, -0.25) is 9.29 Å². The van der Waals surface area contributed by atoms with Crippen molar-refractivity contribution in [3.63, 3.8) is 0 Å². The number of benzene rings is 1. The lowest BCUT2D eigenvalue weighted by Gasteiger charge is -2.30. The molecule has 3 rings (SSSR count). The van der Waals surface area contributed by atoms with Crippen molar-refractivity contribution in [3.05, 3.63) is 53.3 Å². The molecule has 0 bridgehead atoms. The monoisotopic (exact) mass is 302 g/mol. The molecule has 0 saturated carbocycles. The molecule has 0 aliphatic carbocycles. The molecule has 0 saturated heterocycles. The molecule has 21 heavy (non-hydrogen) atoms. The molecule has 110 valence electrons. The van der Waals surface area contributed by atoms with E-state index in [1.807, 2.05) is 26.0 Å². The summed E-state index contributed by atoms with van der Waals surface area (Å²) >= 11 is 0. The highest BCUT2D eigenvalue weighted by molar-refractivity contribution is 7.92. The van der Waals surface area contributed by atoms with Crippen molar-refractivity contribution in [2.45, 2.75) is 31.6 Å². The van der Waals surface area contributed by atoms with Crippen LogP contribution in [0.2, 0.25) is 0 Å². The van der Waals surface area contributed by atoms with Gasteiger partial charge in [-0.05, 0) is 50.5 Å². The summed E-state index contributed by atoms with van der Waals surface area (Å²) in [5.41, 5.74) is 3.59. The van der Waals surface area contributed by atoms with Crippen LogP contribution in [0.1, 0.15) is 23.4 Å². The van der Waals surface area contributed by atoms with E-state index in [9.17, 15) is 8.42 Å². The Balaban J connectivity index is 2.12. The molecule has 0 fully saturated rings. The molecule has 1 aliphatic rings. The van der Waals surface area contributed by atoms with Crippen molar-refractivity contribution in [2.24, 2.45) is 0 Å². The molecule has 0 atom stereocenters. The summed E-state index contributed by atoms with van der Waals surface area (Å²) in [5, 5.41) is 0. The Bertz CT molecular complexity index is 770. The minimum absolute atomic E-state index is 0.330. The van der Waals surface area contributed by atoms with E-state index in [2.05, 4.69) is 4.98 Å². The fourth-order valence-corrected chi connectivity index (χ4v) is 4.16. The number of fused-ring (bicyclic) bond motifs is 1. The Kier molecular flexibility index (Phi) is 3.45. The molecular weight excluding hydrogens is 284 g/mol. The second-order valence-corrected chi connectivity index (χ2v) is 7.21. The third-order valence-electron chi connectivity index (χ3n) is 3.90. The summed E-state index contributed by atoms with van der Waals surface area (Å²) in [6.45, 7) is 4.43. The smallest absolute Gasteiger partial charge is 0.264 e. The number of pyridine rings is 1. The van der Waals surface area contributed by atoms with E-state index in [0.717, 1.165) is 35.5 Å². The van der Waals surface area contributed by atoms with E-state index < -0.39 is 10.0 Å². The first kappa shape index (κ1) is 14.1. The quantitative estimate of drug-likeness (QED) is 0.857. The van der Waals surface area contributed by atoms with Gasteiger partial charge in [0.1, 0.15) is 0 Å². The van der Waals surface area contributed by atoms with Gasteiger partial charge in [0, 0.05) is 12.2 Å². The van der Waals surface area contributed by atoms with Crippen LogP contribution in [0.4, 0.5) is 5.69 Å². The summed E-state index contributed by atoms with van der Waals surface area (Å²) in [6.07, 6.45) is 1.63. The first-order chi connectivity index (χ1) is 10.00. The average molecular weight is 302 g/mol. The summed E-state index contributed by atoms with van der Waals surface area (Å²) in [4.78, 5) is 4.89. The maximum atomic E-state index is 12.8. The number of anilines is 1. The number of hydrogen-bond donors (Lipinski definition) is 0. The molecule has 0 spiro atoms. The van der Waals surface area contributed by atoms with Crippen LogP contribution in [0.25, 0.3) is 0 Å². The zero-order valence-corrected chi connectivity index (χ0v) is 13.0. The van der Waals surface area contributed by atoms with Crippen LogP contribution in [0, 0.1) is 13.8 Å². The molecular formula is C16H18N2O2S. The second kappa shape index (κ2) is 5.15. The first-order valence-corrected chi connectivity index (χ1v) is 8.49. The Morgan fingerprint density at radius 3 is 2.57 bits per heavy atom. The largest absolute Gasteiger partial charge is 0.264 e. The predicted molar refractivity (Wildman–Crippen MR) is 83.0 cm³/mol. The molecule has 5 heteroatoms. The lowest BCUT2D eigenvalue weighted by molar-refractivity contribution is 0.585. The number of aromatic nitrogens is 1. The Hall–Kier alpha value is -1.88. The molecule has 0 N–H and O–H groups in total. The van der Waals surface area contributed by atoms with Gasteiger partial charge in [-0.1, -0.05) is 18.2 Å². The Morgan fingerprint density at radius 2 is 1.86 bits per heavy atom. The zero-order valence-electron chi connectivity index (χ0n) is 12.2. The molecule has 4 nitrogen and oxygen atoms in total. The summed E-state index contributed by atoms with van der Waals surface area (Å²) in [5.74, 6) is 0. The van der Waals surface area contributed by atoms with E-state index in [4.69, 9.17) is 0 Å². The van der Waals surface area contributed by atoms with Crippen LogP contribution in [-0.4, -0.2) is 19.9 Å². The van der Waals surface area contributed by atoms with Gasteiger partial charge in [0.05, 0.1) is 16.3 Å². The Labute approximate surface area is 125 Å². The maximum Gasteiger partial charge on any atom is 0.264 e. The topological polar surface area (TPSA) is 50.3 Å². The van der Waals surface area contributed by atoms with E-state index >= 15 is 0 Å². The summed E-state index contributed by atoms with van der Waals surface area (Å²) in [6, 6.07) is 10.5. The standard InChI is InChI=1S/C16H18N2O2S/c1-12-11-16-15(17-13(12)2)9-6-10-18(16)21(19,20)14-7-4-3-5-8-14/h3-5,7-8,11H,6,9-10H2,1-2H3. The molecule has 0 radical (unpaired) electrons. The number of aryl methyl sites for hydroxylation is 3. The van der Waals surface area contributed by atoms with Crippen LogP contribution in [0.5, 0.6) is 0 Å². The van der Waals surface area contributed by atoms with E-state index in [1.165, 1.54) is 4.31 Å². The van der Waals surface area contributed by atoms with Gasteiger partial charge in [-0.2, -0.15) is 0 Å². The van der Waals surface area contributed by atoms with Crippen LogP contribution < -0.4 is 4.31 Å². The van der Waals surface area contributed by atoms with E-state index in [1.54, 1.807) is 24.3 Å². The van der Waals surface area contributed by atoms with Gasteiger partial charge in [0.25, 0.3) is 10.0 Å². The molecule has 1 aliphatic heterocycles. The molecule has 0 amide bonds. The highest BCUT2D eigenvalue weighted by atomic mass is 32.2. The second-order valence-electron chi connectivity index (χ2n) is 5.35. The molecule has 0 unspecified atom stereocenters. The fourth-order valence-electron chi connectivity index (χ4n) is 2.62. The minimum atomic E-state index is -3.51. The first-order valence-electron chi connectivity index (χ1n) is 7.05. The minimum Gasteiger partial charge on any atom is -0.264 e. The van der Waals surface area contributed by atoms with Crippen molar-refractivity contribution in [2.75, 3.05) is 10.8 Å². The lowest BCUT2D eigenvalue weighted by Crippen LogP contribution is -2.36. The number of hydrogen-bond acceptors (Lipinski definition) is 3. The van der Waals surface area contributed by atoms with Gasteiger partial charge in [-0.25, -0.2) is 8.42 Å². The van der Waals surface area contributed by atoms with Gasteiger partial charge >= 0.3 is 0 Å². The number of nitrogens with zero attached hydrogens (tertiary/aromatic N) is 2. The highest BCUT2D eigenvalue weighted by Gasteiger charge is 2.29. The van der Waals surface area contributed by atoms with Gasteiger partial charge < -0.3 is 0 Å². The van der Waals surface area contributed by atoms with Crippen LogP contribution in [-0.2, 0) is 16.4 Å². The summed E-state index contributed by atoms with van der Waals surface area (Å²) < 4.78 is 27.2. The highest BCUT2D eigenvalue weighted by Crippen LogP contribution is 2.32. The van der Waals surface area contributed by atoms with Crippen molar-refractivity contribution >= 4 is 15.7 Å². The maximum absolute atomic E-state index is 12.8. The van der Waals surface area contributed by atoms with E-state index in [-0.39, 0.29) is 0 Å². The fraction of sp³-hybridized carbons (Fsp3) is 0.312. The molecule has 1 aromatic heterocycles. The molecule has 1 aromatic carbocycles. The Morgan fingerprint density at radius 1 is 1.14 bits per heavy atom. The SMILES string of the molecule is Cc1cc2c(nc1C)CCCN2S(=O)(=O)c1ccccc1. The lowest BCUT2D eigenvalue weighted by atomic mass is 10.1. The van der Waals surface area contributed by atoms with Crippen LogP contribution in [0.3, 0.4) is 0 Å². The third kappa shape index (κ3) is 2.42. The number of sulfonamides is 1. The predicted octanol–water partition coefficient (Wildman–Crippen LogP) is 2.84. The number of rotatable bonds is 2. The van der Waals surface area contributed by atoms with Gasteiger partial charge in [-0.15, -0.1) is 0 Å². The van der Waals surface area contributed by atoms with Crippen LogP contribution >= 0.6 is 0 Å². The van der Waals surface area contributed by atoms with Gasteiger partial charge in [0.15, 0.2) is 0 Å². The van der Waals surface area contributed by atoms with E-state index in [0.29, 0.717) is 11.4 Å². The van der Waals surface area contributed by atoms with Crippen LogP contribution in [0.15, 0.2) is 41.3 Å². The van der Waals surface area contributed by atoms with Crippen molar-refractivity contribution < 1.29 is 8.42 Å². The normalized spacial score (nSPS) is 14.9. The summed E-state index contributed by atoms with van der Waals surface area (Å²) in [7, 11) is -3.51. The third-order valence-corrected chi connectivity index (χ3v) is 5.72. The zero-order chi connectivity index (χ0) is 15.0. The van der Waals surface area contributed by atoms with Crippen molar-refractivity contribution in [1.29, 1.82) is 0 Å². The average Bonchev–Trinajstić information content (AvgIpc) is 2.49. The van der Waals surface area contributed by atoms with Crippen molar-refractivity contribution in [1.82, 2.24) is 4.98 Å².